The summed E-state index contributed by atoms with van der Waals surface area (Å²) in [6.07, 6.45) is 85.2. The monoisotopic (exact) mass is 1130 g/mol. The van der Waals surface area contributed by atoms with Gasteiger partial charge in [-0.25, -0.2) is 0 Å². The SMILES string of the molecule is CCCCCC/C=C\C/C=C\CCCCCCCC(=O)OC(COC(=O)CCCCCCCCCCCCCCC)COC(=O)CCCCCCCCCCCCCCCCCCCCCCCCCCCCCCCCCCC. The van der Waals surface area contributed by atoms with Crippen LogP contribution in [0.5, 0.6) is 0 Å². The Balaban J connectivity index is 4.08. The second-order valence-electron chi connectivity index (χ2n) is 24.9. The first kappa shape index (κ1) is 77.9. The van der Waals surface area contributed by atoms with E-state index in [1.54, 1.807) is 0 Å². The molecule has 0 aliphatic carbocycles. The van der Waals surface area contributed by atoms with Crippen molar-refractivity contribution in [2.45, 2.75) is 419 Å². The van der Waals surface area contributed by atoms with Crippen molar-refractivity contribution >= 4 is 17.9 Å². The van der Waals surface area contributed by atoms with Crippen LogP contribution in [0.3, 0.4) is 0 Å². The Morgan fingerprint density at radius 2 is 0.450 bits per heavy atom. The minimum atomic E-state index is -0.775. The molecule has 0 aliphatic rings. The molecule has 6 heteroatoms. The van der Waals surface area contributed by atoms with E-state index in [0.29, 0.717) is 19.3 Å². The fraction of sp³-hybridized carbons (Fsp3) is 0.905. The van der Waals surface area contributed by atoms with Gasteiger partial charge in [-0.15, -0.1) is 0 Å². The lowest BCUT2D eigenvalue weighted by molar-refractivity contribution is -0.167. The molecule has 0 aliphatic heterocycles. The van der Waals surface area contributed by atoms with E-state index >= 15 is 0 Å². The molecule has 80 heavy (non-hydrogen) atoms. The van der Waals surface area contributed by atoms with Crippen LogP contribution in [0.2, 0.25) is 0 Å². The molecule has 1 unspecified atom stereocenters. The van der Waals surface area contributed by atoms with Gasteiger partial charge in [0.2, 0.25) is 0 Å². The number of allylic oxidation sites excluding steroid dienone is 4. The van der Waals surface area contributed by atoms with Crippen molar-refractivity contribution in [3.05, 3.63) is 24.3 Å². The third-order valence-corrected chi connectivity index (χ3v) is 16.7. The van der Waals surface area contributed by atoms with Gasteiger partial charge in [0, 0.05) is 19.3 Å². The highest BCUT2D eigenvalue weighted by Crippen LogP contribution is 2.19. The molecule has 0 aromatic carbocycles. The van der Waals surface area contributed by atoms with E-state index < -0.39 is 6.10 Å². The van der Waals surface area contributed by atoms with E-state index in [-0.39, 0.29) is 31.1 Å². The largest absolute Gasteiger partial charge is 0.462 e. The average molecular weight is 1130 g/mol. The second kappa shape index (κ2) is 69.4. The highest BCUT2D eigenvalue weighted by Gasteiger charge is 2.19. The molecule has 0 fully saturated rings. The van der Waals surface area contributed by atoms with E-state index in [2.05, 4.69) is 45.1 Å². The Morgan fingerprint density at radius 3 is 0.700 bits per heavy atom. The third-order valence-electron chi connectivity index (χ3n) is 16.7. The summed E-state index contributed by atoms with van der Waals surface area (Å²) in [5.41, 5.74) is 0. The molecule has 1 atom stereocenters. The number of unbranched alkanes of at least 4 members (excludes halogenated alkanes) is 53. The number of hydrogen-bond acceptors (Lipinski definition) is 6. The van der Waals surface area contributed by atoms with Gasteiger partial charge in [0.15, 0.2) is 6.10 Å². The standard InChI is InChI=1S/C74H140O6/c1-4-7-10-13-16-19-22-25-27-29-30-31-32-33-34-35-36-37-38-39-40-41-42-43-44-45-47-49-52-55-58-61-64-67-73(76)79-70-71(69-78-72(75)66-63-60-57-54-51-48-24-21-18-15-12-9-6-3)80-74(77)68-65-62-59-56-53-50-46-28-26-23-20-17-14-11-8-5-2/h20,23,28,46,71H,4-19,21-22,24-27,29-45,47-70H2,1-3H3/b23-20-,46-28-. The zero-order chi connectivity index (χ0) is 57.8. The Bertz CT molecular complexity index is 1290. The maximum absolute atomic E-state index is 12.9. The predicted molar refractivity (Wildman–Crippen MR) is 349 cm³/mol. The molecule has 0 saturated heterocycles. The lowest BCUT2D eigenvalue weighted by atomic mass is 10.0. The quantitative estimate of drug-likeness (QED) is 0.0261. The first-order valence-corrected chi connectivity index (χ1v) is 36.3. The van der Waals surface area contributed by atoms with Crippen molar-refractivity contribution in [1.82, 2.24) is 0 Å². The lowest BCUT2D eigenvalue weighted by Crippen LogP contribution is -2.30. The summed E-state index contributed by atoms with van der Waals surface area (Å²) in [6.45, 7) is 6.69. The molecule has 0 radical (unpaired) electrons. The molecule has 0 spiro atoms. The van der Waals surface area contributed by atoms with E-state index in [4.69, 9.17) is 14.2 Å². The van der Waals surface area contributed by atoms with E-state index in [0.717, 1.165) is 77.0 Å². The predicted octanol–water partition coefficient (Wildman–Crippen LogP) is 25.0. The average Bonchev–Trinajstić information content (AvgIpc) is 3.46. The molecule has 0 N–H and O–H groups in total. The molecule has 0 aromatic heterocycles. The molecular formula is C74H140O6. The Hall–Kier alpha value is -2.11. The van der Waals surface area contributed by atoms with Gasteiger partial charge in [-0.3, -0.25) is 14.4 Å². The maximum atomic E-state index is 12.9. The van der Waals surface area contributed by atoms with Crippen LogP contribution in [-0.2, 0) is 28.6 Å². The molecule has 0 aromatic rings. The first-order chi connectivity index (χ1) is 39.5. The van der Waals surface area contributed by atoms with E-state index in [9.17, 15) is 14.4 Å². The van der Waals surface area contributed by atoms with Crippen molar-refractivity contribution < 1.29 is 28.6 Å². The van der Waals surface area contributed by atoms with E-state index in [1.165, 1.54) is 295 Å². The molecule has 0 heterocycles. The Kier molecular flexibility index (Phi) is 67.6. The maximum Gasteiger partial charge on any atom is 0.306 e. The normalized spacial score (nSPS) is 12.1. The first-order valence-electron chi connectivity index (χ1n) is 36.3. The summed E-state index contributed by atoms with van der Waals surface area (Å²) in [7, 11) is 0. The van der Waals surface area contributed by atoms with Crippen molar-refractivity contribution in [2.75, 3.05) is 13.2 Å². The zero-order valence-electron chi connectivity index (χ0n) is 54.4. The van der Waals surface area contributed by atoms with Gasteiger partial charge in [-0.2, -0.15) is 0 Å². The molecule has 0 bridgehead atoms. The number of ether oxygens (including phenoxy) is 3. The minimum Gasteiger partial charge on any atom is -0.462 e. The highest BCUT2D eigenvalue weighted by atomic mass is 16.6. The number of rotatable bonds is 68. The Morgan fingerprint density at radius 1 is 0.250 bits per heavy atom. The fourth-order valence-electron chi connectivity index (χ4n) is 11.2. The van der Waals surface area contributed by atoms with Gasteiger partial charge >= 0.3 is 17.9 Å². The van der Waals surface area contributed by atoms with Crippen molar-refractivity contribution in [3.8, 4) is 0 Å². The van der Waals surface area contributed by atoms with Crippen LogP contribution >= 0.6 is 0 Å². The van der Waals surface area contributed by atoms with Gasteiger partial charge in [0.05, 0.1) is 0 Å². The summed E-state index contributed by atoms with van der Waals surface area (Å²) in [6, 6.07) is 0. The van der Waals surface area contributed by atoms with Gasteiger partial charge in [-0.1, -0.05) is 366 Å². The minimum absolute atomic E-state index is 0.0709. The van der Waals surface area contributed by atoms with Crippen LogP contribution in [0.4, 0.5) is 0 Å². The van der Waals surface area contributed by atoms with Crippen LogP contribution in [0, 0.1) is 0 Å². The van der Waals surface area contributed by atoms with Crippen LogP contribution < -0.4 is 0 Å². The van der Waals surface area contributed by atoms with Gasteiger partial charge in [0.1, 0.15) is 13.2 Å². The number of carbonyl (C=O) groups excluding carboxylic acids is 3. The topological polar surface area (TPSA) is 78.9 Å². The summed E-state index contributed by atoms with van der Waals surface area (Å²) in [5.74, 6) is -0.855. The van der Waals surface area contributed by atoms with Crippen molar-refractivity contribution in [3.63, 3.8) is 0 Å². The summed E-state index contributed by atoms with van der Waals surface area (Å²) in [5, 5.41) is 0. The van der Waals surface area contributed by atoms with Gasteiger partial charge in [-0.05, 0) is 51.4 Å². The van der Waals surface area contributed by atoms with Crippen molar-refractivity contribution in [1.29, 1.82) is 0 Å². The molecular weight excluding hydrogens is 985 g/mol. The zero-order valence-corrected chi connectivity index (χ0v) is 54.4. The van der Waals surface area contributed by atoms with Crippen LogP contribution in [0.1, 0.15) is 412 Å². The molecule has 0 saturated carbocycles. The van der Waals surface area contributed by atoms with E-state index in [1.807, 2.05) is 0 Å². The van der Waals surface area contributed by atoms with Crippen LogP contribution in [0.25, 0.3) is 0 Å². The second-order valence-corrected chi connectivity index (χ2v) is 24.9. The Labute approximate surface area is 500 Å². The van der Waals surface area contributed by atoms with Gasteiger partial charge in [0.25, 0.3) is 0 Å². The van der Waals surface area contributed by atoms with Crippen molar-refractivity contribution in [2.24, 2.45) is 0 Å². The number of carbonyl (C=O) groups is 3. The van der Waals surface area contributed by atoms with Gasteiger partial charge < -0.3 is 14.2 Å². The fourth-order valence-corrected chi connectivity index (χ4v) is 11.2. The molecule has 0 amide bonds. The number of esters is 3. The summed E-state index contributed by atoms with van der Waals surface area (Å²) in [4.78, 5) is 38.3. The highest BCUT2D eigenvalue weighted by molar-refractivity contribution is 5.71. The number of hydrogen-bond donors (Lipinski definition) is 0. The molecule has 0 rings (SSSR count). The van der Waals surface area contributed by atoms with Crippen LogP contribution in [-0.4, -0.2) is 37.2 Å². The summed E-state index contributed by atoms with van der Waals surface area (Å²) >= 11 is 0. The molecule has 472 valence electrons. The smallest absolute Gasteiger partial charge is 0.306 e. The summed E-state index contributed by atoms with van der Waals surface area (Å²) < 4.78 is 17.0. The molecule has 6 nitrogen and oxygen atoms in total. The third kappa shape index (κ3) is 66.7. The lowest BCUT2D eigenvalue weighted by Gasteiger charge is -2.18. The van der Waals surface area contributed by atoms with Crippen LogP contribution in [0.15, 0.2) is 24.3 Å².